The largest absolute Gasteiger partial charge is 0.375 e. The van der Waals surface area contributed by atoms with Crippen molar-refractivity contribution in [1.82, 2.24) is 10.4 Å². The van der Waals surface area contributed by atoms with Crippen molar-refractivity contribution in [2.24, 2.45) is 10.8 Å². The molecule has 0 spiro atoms. The summed E-state index contributed by atoms with van der Waals surface area (Å²) in [4.78, 5) is 14.4. The number of hydrogen-bond acceptors (Lipinski definition) is 5. The number of nitro benzene ring substituents is 1. The van der Waals surface area contributed by atoms with E-state index < -0.39 is 4.92 Å². The topological polar surface area (TPSA) is 106 Å². The number of allylic oxidation sites excluding steroid dienone is 1. The normalized spacial score (nSPS) is 11.4. The number of non-ortho nitro benzene ring substituents is 1. The maximum Gasteiger partial charge on any atom is 0.269 e. The first-order chi connectivity index (χ1) is 11.1. The van der Waals surface area contributed by atoms with Crippen LogP contribution in [-0.4, -0.2) is 20.7 Å². The minimum Gasteiger partial charge on any atom is -0.375 e. The van der Waals surface area contributed by atoms with Gasteiger partial charge in [-0.05, 0) is 48.1 Å². The molecule has 2 aromatic rings. The third-order valence-corrected chi connectivity index (χ3v) is 2.84. The predicted molar refractivity (Wildman–Crippen MR) is 92.8 cm³/mol. The van der Waals surface area contributed by atoms with Gasteiger partial charge in [0.2, 0.25) is 0 Å². The van der Waals surface area contributed by atoms with Crippen molar-refractivity contribution in [3.05, 3.63) is 76.1 Å². The number of hydrogen-bond donors (Lipinski definition) is 2. The minimum atomic E-state index is -0.444. The number of hydrazone groups is 1. The lowest BCUT2D eigenvalue weighted by Gasteiger charge is -2.02. The first kappa shape index (κ1) is 16.2. The number of rotatable bonds is 5. The number of aromatic nitrogens is 1. The van der Waals surface area contributed by atoms with Crippen LogP contribution in [0, 0.1) is 10.1 Å². The van der Waals surface area contributed by atoms with Crippen LogP contribution in [0.3, 0.4) is 0 Å². The molecule has 0 unspecified atom stereocenters. The number of nitrogens with two attached hydrogens (primary N) is 1. The summed E-state index contributed by atoms with van der Waals surface area (Å²) in [6.45, 7) is 0. The SMILES string of the molecule is NC(=S)N/N=C(/C=C/c1ccc([N+](=O)[O-])cc1)c1ccccn1. The van der Waals surface area contributed by atoms with E-state index >= 15 is 0 Å². The quantitative estimate of drug-likeness (QED) is 0.377. The van der Waals surface area contributed by atoms with Crippen molar-refractivity contribution in [3.63, 3.8) is 0 Å². The molecule has 8 heteroatoms. The molecule has 1 aromatic carbocycles. The lowest BCUT2D eigenvalue weighted by atomic mass is 10.1. The van der Waals surface area contributed by atoms with Gasteiger partial charge < -0.3 is 5.73 Å². The van der Waals surface area contributed by atoms with E-state index in [1.54, 1.807) is 42.6 Å². The fourth-order valence-electron chi connectivity index (χ4n) is 1.69. The molecule has 0 bridgehead atoms. The molecule has 0 saturated carbocycles. The Bertz CT molecular complexity index is 757. The number of nitrogens with zero attached hydrogens (tertiary/aromatic N) is 3. The number of benzene rings is 1. The molecule has 116 valence electrons. The Labute approximate surface area is 137 Å². The number of pyridine rings is 1. The molecular formula is C15H13N5O2S. The van der Waals surface area contributed by atoms with E-state index in [2.05, 4.69) is 15.5 Å². The molecular weight excluding hydrogens is 314 g/mol. The summed E-state index contributed by atoms with van der Waals surface area (Å²) >= 11 is 4.73. The van der Waals surface area contributed by atoms with Gasteiger partial charge >= 0.3 is 0 Å². The Morgan fingerprint density at radius 1 is 1.30 bits per heavy atom. The highest BCUT2D eigenvalue weighted by atomic mass is 32.1. The number of nitrogens with one attached hydrogen (secondary N) is 1. The first-order valence-electron chi connectivity index (χ1n) is 6.53. The van der Waals surface area contributed by atoms with Gasteiger partial charge in [0.25, 0.3) is 5.69 Å². The minimum absolute atomic E-state index is 0.0379. The maximum atomic E-state index is 10.6. The molecule has 0 radical (unpaired) electrons. The van der Waals surface area contributed by atoms with Crippen LogP contribution in [0.15, 0.2) is 59.8 Å². The highest BCUT2D eigenvalue weighted by molar-refractivity contribution is 7.80. The van der Waals surface area contributed by atoms with Crippen LogP contribution in [0.25, 0.3) is 6.08 Å². The van der Waals surface area contributed by atoms with E-state index in [4.69, 9.17) is 18.0 Å². The van der Waals surface area contributed by atoms with E-state index in [1.165, 1.54) is 12.1 Å². The highest BCUT2D eigenvalue weighted by Gasteiger charge is 2.04. The Morgan fingerprint density at radius 2 is 2.04 bits per heavy atom. The van der Waals surface area contributed by atoms with Crippen molar-refractivity contribution in [1.29, 1.82) is 0 Å². The summed E-state index contributed by atoms with van der Waals surface area (Å²) in [5.41, 5.74) is 9.88. The van der Waals surface area contributed by atoms with E-state index in [0.29, 0.717) is 11.4 Å². The van der Waals surface area contributed by atoms with Gasteiger partial charge in [-0.25, -0.2) is 0 Å². The molecule has 0 fully saturated rings. The molecule has 0 saturated heterocycles. The third kappa shape index (κ3) is 4.97. The molecule has 0 aliphatic heterocycles. The van der Waals surface area contributed by atoms with Crippen molar-refractivity contribution in [2.75, 3.05) is 0 Å². The van der Waals surface area contributed by atoms with Gasteiger partial charge in [-0.15, -0.1) is 0 Å². The highest BCUT2D eigenvalue weighted by Crippen LogP contribution is 2.13. The predicted octanol–water partition coefficient (Wildman–Crippen LogP) is 2.24. The smallest absolute Gasteiger partial charge is 0.269 e. The van der Waals surface area contributed by atoms with E-state index in [0.717, 1.165) is 5.56 Å². The monoisotopic (exact) mass is 327 g/mol. The third-order valence-electron chi connectivity index (χ3n) is 2.75. The zero-order valence-corrected chi connectivity index (χ0v) is 12.7. The number of thiocarbonyl (C=S) groups is 1. The average Bonchev–Trinajstić information content (AvgIpc) is 2.56. The van der Waals surface area contributed by atoms with Crippen LogP contribution in [0.5, 0.6) is 0 Å². The standard InChI is InChI=1S/C15H13N5O2S/c16-15(23)19-18-14(13-3-1-2-10-17-13)9-6-11-4-7-12(8-5-11)20(21)22/h1-10H,(H3,16,19,23)/b9-6+,18-14-. The molecule has 0 amide bonds. The number of nitro groups is 1. The second-order valence-corrected chi connectivity index (χ2v) is 4.81. The summed E-state index contributed by atoms with van der Waals surface area (Å²) in [5, 5.41) is 14.8. The Balaban J connectivity index is 2.24. The maximum absolute atomic E-state index is 10.6. The van der Waals surface area contributed by atoms with Gasteiger partial charge in [0.15, 0.2) is 5.11 Å². The molecule has 0 aliphatic carbocycles. The van der Waals surface area contributed by atoms with Crippen LogP contribution in [0.4, 0.5) is 5.69 Å². The molecule has 1 heterocycles. The molecule has 0 atom stereocenters. The lowest BCUT2D eigenvalue weighted by Crippen LogP contribution is -2.25. The van der Waals surface area contributed by atoms with Gasteiger partial charge in [0.05, 0.1) is 10.6 Å². The lowest BCUT2D eigenvalue weighted by molar-refractivity contribution is -0.384. The fraction of sp³-hybridized carbons (Fsp3) is 0. The Hall–Kier alpha value is -3.13. The van der Waals surface area contributed by atoms with Crippen LogP contribution < -0.4 is 11.2 Å². The summed E-state index contributed by atoms with van der Waals surface area (Å²) in [7, 11) is 0. The van der Waals surface area contributed by atoms with Crippen LogP contribution in [0.1, 0.15) is 11.3 Å². The van der Waals surface area contributed by atoms with Crippen molar-refractivity contribution < 1.29 is 4.92 Å². The molecule has 7 nitrogen and oxygen atoms in total. The van der Waals surface area contributed by atoms with Gasteiger partial charge in [0, 0.05) is 18.3 Å². The van der Waals surface area contributed by atoms with Crippen LogP contribution in [-0.2, 0) is 0 Å². The Kier molecular flexibility index (Phi) is 5.48. The van der Waals surface area contributed by atoms with Gasteiger partial charge in [-0.2, -0.15) is 5.10 Å². The van der Waals surface area contributed by atoms with Gasteiger partial charge in [-0.3, -0.25) is 20.5 Å². The van der Waals surface area contributed by atoms with E-state index in [1.807, 2.05) is 6.07 Å². The summed E-state index contributed by atoms with van der Waals surface area (Å²) in [5.74, 6) is 0. The second-order valence-electron chi connectivity index (χ2n) is 4.37. The van der Waals surface area contributed by atoms with Crippen molar-refractivity contribution in [2.45, 2.75) is 0 Å². The molecule has 23 heavy (non-hydrogen) atoms. The zero-order chi connectivity index (χ0) is 16.7. The molecule has 3 N–H and O–H groups in total. The first-order valence-corrected chi connectivity index (χ1v) is 6.94. The summed E-state index contributed by atoms with van der Waals surface area (Å²) < 4.78 is 0. The van der Waals surface area contributed by atoms with Crippen molar-refractivity contribution >= 4 is 34.8 Å². The molecule has 1 aromatic heterocycles. The zero-order valence-electron chi connectivity index (χ0n) is 11.9. The Morgan fingerprint density at radius 3 is 2.61 bits per heavy atom. The van der Waals surface area contributed by atoms with E-state index in [-0.39, 0.29) is 10.8 Å². The molecule has 0 aliphatic rings. The van der Waals surface area contributed by atoms with Gasteiger partial charge in [-0.1, -0.05) is 12.1 Å². The second kappa shape index (κ2) is 7.76. The average molecular weight is 327 g/mol. The van der Waals surface area contributed by atoms with Crippen molar-refractivity contribution in [3.8, 4) is 0 Å². The summed E-state index contributed by atoms with van der Waals surface area (Å²) in [6, 6.07) is 11.6. The molecule has 2 rings (SSSR count). The fourth-order valence-corrected chi connectivity index (χ4v) is 1.74. The summed E-state index contributed by atoms with van der Waals surface area (Å²) in [6.07, 6.45) is 5.12. The van der Waals surface area contributed by atoms with Crippen LogP contribution >= 0.6 is 12.2 Å². The van der Waals surface area contributed by atoms with Crippen LogP contribution in [0.2, 0.25) is 0 Å². The van der Waals surface area contributed by atoms with Gasteiger partial charge in [0.1, 0.15) is 5.71 Å². The van der Waals surface area contributed by atoms with E-state index in [9.17, 15) is 10.1 Å².